The number of rotatable bonds is 9. The first-order chi connectivity index (χ1) is 10.3. The summed E-state index contributed by atoms with van der Waals surface area (Å²) in [4.78, 5) is 4.20. The molecule has 2 rings (SSSR count). The van der Waals surface area contributed by atoms with Crippen molar-refractivity contribution in [3.05, 3.63) is 54.1 Å². The molecular weight excluding hydrogens is 266 g/mol. The number of nitrogens with zero attached hydrogens (tertiary/aromatic N) is 2. The fourth-order valence-electron chi connectivity index (χ4n) is 2.21. The Kier molecular flexibility index (Phi) is 6.40. The van der Waals surface area contributed by atoms with Gasteiger partial charge in [0.15, 0.2) is 0 Å². The topological polar surface area (TPSA) is 62.3 Å². The highest BCUT2D eigenvalue weighted by Crippen LogP contribution is 2.15. The van der Waals surface area contributed by atoms with E-state index in [2.05, 4.69) is 21.7 Å². The van der Waals surface area contributed by atoms with E-state index < -0.39 is 0 Å². The summed E-state index contributed by atoms with van der Waals surface area (Å²) >= 11 is 0. The Bertz CT molecular complexity index is 513. The second kappa shape index (κ2) is 8.56. The molecule has 5 nitrogen and oxygen atoms in total. The third kappa shape index (κ3) is 4.97. The van der Waals surface area contributed by atoms with E-state index in [1.165, 1.54) is 5.56 Å². The Balaban J connectivity index is 1.87. The number of imidazole rings is 1. The first-order valence-corrected chi connectivity index (χ1v) is 7.17. The fourth-order valence-corrected chi connectivity index (χ4v) is 2.21. The van der Waals surface area contributed by atoms with Gasteiger partial charge in [-0.15, -0.1) is 0 Å². The minimum Gasteiger partial charge on any atom is -0.382 e. The monoisotopic (exact) mass is 289 g/mol. The van der Waals surface area contributed by atoms with Gasteiger partial charge in [0.25, 0.3) is 0 Å². The lowest BCUT2D eigenvalue weighted by molar-refractivity contribution is 0.0662. The second-order valence-electron chi connectivity index (χ2n) is 4.91. The number of methoxy groups -OCH3 is 1. The lowest BCUT2D eigenvalue weighted by atomic mass is 10.0. The van der Waals surface area contributed by atoms with Crippen molar-refractivity contribution in [2.45, 2.75) is 19.0 Å². The Hall–Kier alpha value is -1.69. The molecule has 5 heteroatoms. The number of hydrogen-bond donors (Lipinski definition) is 1. The molecule has 0 aliphatic rings. The van der Waals surface area contributed by atoms with Crippen LogP contribution in [0, 0.1) is 0 Å². The van der Waals surface area contributed by atoms with Gasteiger partial charge in [0, 0.05) is 19.9 Å². The molecule has 1 aromatic carbocycles. The van der Waals surface area contributed by atoms with Gasteiger partial charge in [-0.05, 0) is 12.0 Å². The summed E-state index contributed by atoms with van der Waals surface area (Å²) in [5.74, 6) is 0. The highest BCUT2D eigenvalue weighted by atomic mass is 16.5. The van der Waals surface area contributed by atoms with Crippen molar-refractivity contribution in [2.24, 2.45) is 5.73 Å². The number of ether oxygens (including phenoxy) is 2. The summed E-state index contributed by atoms with van der Waals surface area (Å²) in [7, 11) is 1.67. The summed E-state index contributed by atoms with van der Waals surface area (Å²) in [6.07, 6.45) is 4.44. The van der Waals surface area contributed by atoms with E-state index in [-0.39, 0.29) is 6.04 Å². The van der Waals surface area contributed by atoms with Crippen LogP contribution in [0.2, 0.25) is 0 Å². The third-order valence-electron chi connectivity index (χ3n) is 3.33. The Morgan fingerprint density at radius 3 is 2.76 bits per heavy atom. The zero-order valence-electron chi connectivity index (χ0n) is 12.4. The van der Waals surface area contributed by atoms with Gasteiger partial charge in [0.05, 0.1) is 37.9 Å². The summed E-state index contributed by atoms with van der Waals surface area (Å²) < 4.78 is 12.5. The smallest absolute Gasteiger partial charge is 0.0949 e. The highest BCUT2D eigenvalue weighted by molar-refractivity contribution is 5.18. The fraction of sp³-hybridized carbons (Fsp3) is 0.438. The average molecular weight is 289 g/mol. The van der Waals surface area contributed by atoms with E-state index in [4.69, 9.17) is 15.2 Å². The summed E-state index contributed by atoms with van der Waals surface area (Å²) in [5, 5.41) is 0. The molecule has 1 atom stereocenters. The maximum absolute atomic E-state index is 6.30. The molecule has 1 aromatic heterocycles. The highest BCUT2D eigenvalue weighted by Gasteiger charge is 2.12. The van der Waals surface area contributed by atoms with Gasteiger partial charge >= 0.3 is 0 Å². The number of benzene rings is 1. The first kappa shape index (κ1) is 15.7. The van der Waals surface area contributed by atoms with Gasteiger partial charge in [0.1, 0.15) is 0 Å². The van der Waals surface area contributed by atoms with Gasteiger partial charge in [-0.3, -0.25) is 0 Å². The summed E-state index contributed by atoms with van der Waals surface area (Å²) in [6.45, 7) is 2.60. The molecule has 0 saturated carbocycles. The molecule has 0 saturated heterocycles. The van der Waals surface area contributed by atoms with Crippen LogP contribution < -0.4 is 5.73 Å². The molecule has 0 amide bonds. The van der Waals surface area contributed by atoms with Gasteiger partial charge < -0.3 is 19.8 Å². The molecule has 2 aromatic rings. The number of aromatic nitrogens is 2. The van der Waals surface area contributed by atoms with Crippen LogP contribution in [0.1, 0.15) is 17.3 Å². The van der Waals surface area contributed by atoms with Gasteiger partial charge in [-0.2, -0.15) is 0 Å². The van der Waals surface area contributed by atoms with Crippen molar-refractivity contribution in [2.75, 3.05) is 26.9 Å². The van der Waals surface area contributed by atoms with Crippen molar-refractivity contribution in [3.8, 4) is 0 Å². The SMILES string of the molecule is COCCOCCn1cncc1[C@H](N)Cc1ccccc1. The van der Waals surface area contributed by atoms with E-state index in [1.54, 1.807) is 13.4 Å². The minimum atomic E-state index is -0.0612. The summed E-state index contributed by atoms with van der Waals surface area (Å²) in [6, 6.07) is 10.2. The largest absolute Gasteiger partial charge is 0.382 e. The number of nitrogens with two attached hydrogens (primary N) is 1. The maximum Gasteiger partial charge on any atom is 0.0949 e. The average Bonchev–Trinajstić information content (AvgIpc) is 2.96. The van der Waals surface area contributed by atoms with Crippen LogP contribution >= 0.6 is 0 Å². The van der Waals surface area contributed by atoms with Gasteiger partial charge in [0.2, 0.25) is 0 Å². The lowest BCUT2D eigenvalue weighted by Gasteiger charge is -2.15. The summed E-state index contributed by atoms with van der Waals surface area (Å²) in [5.41, 5.74) is 8.57. The molecule has 2 N–H and O–H groups in total. The normalized spacial score (nSPS) is 12.5. The van der Waals surface area contributed by atoms with Crippen molar-refractivity contribution < 1.29 is 9.47 Å². The molecule has 0 aliphatic heterocycles. The van der Waals surface area contributed by atoms with Crippen LogP contribution in [0.15, 0.2) is 42.9 Å². The maximum atomic E-state index is 6.30. The molecule has 0 aliphatic carbocycles. The van der Waals surface area contributed by atoms with Crippen LogP contribution in [0.4, 0.5) is 0 Å². The Morgan fingerprint density at radius 2 is 2.00 bits per heavy atom. The second-order valence-corrected chi connectivity index (χ2v) is 4.91. The van der Waals surface area contributed by atoms with Crippen molar-refractivity contribution in [1.29, 1.82) is 0 Å². The third-order valence-corrected chi connectivity index (χ3v) is 3.33. The molecule has 114 valence electrons. The predicted octanol–water partition coefficient (Wildman–Crippen LogP) is 1.79. The van der Waals surface area contributed by atoms with Crippen LogP contribution in [-0.2, 0) is 22.4 Å². The molecule has 0 unspecified atom stereocenters. The molecule has 0 fully saturated rings. The molecule has 0 radical (unpaired) electrons. The molecular formula is C16H23N3O2. The van der Waals surface area contributed by atoms with Crippen LogP contribution in [-0.4, -0.2) is 36.5 Å². The van der Waals surface area contributed by atoms with Gasteiger partial charge in [-0.25, -0.2) is 4.98 Å². The van der Waals surface area contributed by atoms with Crippen molar-refractivity contribution in [3.63, 3.8) is 0 Å². The molecule has 1 heterocycles. The quantitative estimate of drug-likeness (QED) is 0.715. The van der Waals surface area contributed by atoms with E-state index in [0.717, 1.165) is 18.7 Å². The van der Waals surface area contributed by atoms with E-state index in [9.17, 15) is 0 Å². The van der Waals surface area contributed by atoms with Crippen molar-refractivity contribution >= 4 is 0 Å². The van der Waals surface area contributed by atoms with E-state index in [0.29, 0.717) is 19.8 Å². The Labute approximate surface area is 125 Å². The standard InChI is InChI=1S/C16H23N3O2/c1-20-9-10-21-8-7-19-13-18-12-16(19)15(17)11-14-5-3-2-4-6-14/h2-6,12-13,15H,7-11,17H2,1H3/t15-/m1/s1. The van der Waals surface area contributed by atoms with E-state index >= 15 is 0 Å². The van der Waals surface area contributed by atoms with Crippen LogP contribution in [0.3, 0.4) is 0 Å². The Morgan fingerprint density at radius 1 is 1.19 bits per heavy atom. The van der Waals surface area contributed by atoms with Crippen molar-refractivity contribution in [1.82, 2.24) is 9.55 Å². The zero-order valence-corrected chi connectivity index (χ0v) is 12.4. The zero-order chi connectivity index (χ0) is 14.9. The lowest BCUT2D eigenvalue weighted by Crippen LogP contribution is -2.19. The van der Waals surface area contributed by atoms with E-state index in [1.807, 2.05) is 24.4 Å². The molecule has 0 bridgehead atoms. The number of hydrogen-bond acceptors (Lipinski definition) is 4. The molecule has 21 heavy (non-hydrogen) atoms. The van der Waals surface area contributed by atoms with Gasteiger partial charge in [-0.1, -0.05) is 30.3 Å². The first-order valence-electron chi connectivity index (χ1n) is 7.17. The predicted molar refractivity (Wildman–Crippen MR) is 82.0 cm³/mol. The van der Waals surface area contributed by atoms with Crippen LogP contribution in [0.25, 0.3) is 0 Å². The van der Waals surface area contributed by atoms with Crippen LogP contribution in [0.5, 0.6) is 0 Å². The minimum absolute atomic E-state index is 0.0612. The molecule has 0 spiro atoms.